The van der Waals surface area contributed by atoms with Gasteiger partial charge in [0.1, 0.15) is 11.8 Å². The highest BCUT2D eigenvalue weighted by Gasteiger charge is 2.40. The molecule has 0 saturated heterocycles. The number of fused-ring (bicyclic) bond motifs is 3. The average Bonchev–Trinajstić information content (AvgIpc) is 2.95. The van der Waals surface area contributed by atoms with E-state index in [1.807, 2.05) is 0 Å². The molecule has 0 saturated carbocycles. The number of benzene rings is 1. The number of carbonyl (C=O) groups is 2. The van der Waals surface area contributed by atoms with Gasteiger partial charge in [-0.3, -0.25) is 14.2 Å². The quantitative estimate of drug-likeness (QED) is 0.931. The Hall–Kier alpha value is -2.54. The highest BCUT2D eigenvalue weighted by molar-refractivity contribution is 5.98. The fourth-order valence-electron chi connectivity index (χ4n) is 2.77. The van der Waals surface area contributed by atoms with Crippen LogP contribution in [0.5, 0.6) is 5.75 Å². The number of ether oxygens (including phenoxy) is 1. The molecule has 7 heteroatoms. The van der Waals surface area contributed by atoms with Crippen molar-refractivity contribution >= 4 is 22.9 Å². The molecule has 1 aliphatic rings. The minimum Gasteiger partial charge on any atom is -0.496 e. The summed E-state index contributed by atoms with van der Waals surface area (Å²) in [6, 6.07) is 6.08. The lowest BCUT2D eigenvalue weighted by molar-refractivity contribution is -0.146. The molecule has 2 aromatic rings. The molecule has 1 aromatic carbocycles. The molecule has 0 bridgehead atoms. The molecule has 1 atom stereocenters. The van der Waals surface area contributed by atoms with E-state index < -0.39 is 18.0 Å². The number of carboxylic acid groups (broad SMARTS) is 1. The summed E-state index contributed by atoms with van der Waals surface area (Å²) in [4.78, 5) is 28.5. The third-order valence-corrected chi connectivity index (χ3v) is 3.62. The normalized spacial score (nSPS) is 17.3. The molecule has 1 N–H and O–H groups in total. The minimum absolute atomic E-state index is 0.224. The summed E-state index contributed by atoms with van der Waals surface area (Å²) < 4.78 is 6.75. The van der Waals surface area contributed by atoms with Crippen LogP contribution in [0, 0.1) is 0 Å². The molecule has 0 spiro atoms. The van der Waals surface area contributed by atoms with Gasteiger partial charge in [-0.15, -0.1) is 0 Å². The summed E-state index contributed by atoms with van der Waals surface area (Å²) in [7, 11) is 2.90. The van der Waals surface area contributed by atoms with Crippen molar-refractivity contribution in [1.82, 2.24) is 9.63 Å². The first-order valence-electron chi connectivity index (χ1n) is 6.36. The van der Waals surface area contributed by atoms with Gasteiger partial charge in [-0.25, -0.2) is 4.79 Å². The van der Waals surface area contributed by atoms with E-state index >= 15 is 0 Å². The molecule has 7 nitrogen and oxygen atoms in total. The molecule has 1 aromatic heterocycles. The molecule has 0 fully saturated rings. The largest absolute Gasteiger partial charge is 0.496 e. The average molecular weight is 290 g/mol. The second kappa shape index (κ2) is 4.78. The molecule has 1 amide bonds. The number of amides is 1. The van der Waals surface area contributed by atoms with Crippen molar-refractivity contribution in [3.8, 4) is 5.75 Å². The molecule has 1 aliphatic heterocycles. The van der Waals surface area contributed by atoms with Crippen molar-refractivity contribution in [2.24, 2.45) is 0 Å². The summed E-state index contributed by atoms with van der Waals surface area (Å²) in [5.41, 5.74) is 1.26. The molecule has 2 heterocycles. The number of rotatable bonds is 4. The first-order chi connectivity index (χ1) is 10.1. The van der Waals surface area contributed by atoms with Gasteiger partial charge in [0.05, 0.1) is 31.9 Å². The van der Waals surface area contributed by atoms with E-state index in [1.54, 1.807) is 31.4 Å². The van der Waals surface area contributed by atoms with Gasteiger partial charge in [-0.1, -0.05) is 6.07 Å². The third-order valence-electron chi connectivity index (χ3n) is 3.62. The van der Waals surface area contributed by atoms with Gasteiger partial charge in [0, 0.05) is 5.39 Å². The lowest BCUT2D eigenvalue weighted by Gasteiger charge is -2.19. The van der Waals surface area contributed by atoms with Crippen molar-refractivity contribution in [3.63, 3.8) is 0 Å². The van der Waals surface area contributed by atoms with Crippen LogP contribution in [0.2, 0.25) is 0 Å². The van der Waals surface area contributed by atoms with Crippen molar-refractivity contribution in [2.75, 3.05) is 14.2 Å². The maximum Gasteiger partial charge on any atom is 0.353 e. The maximum absolute atomic E-state index is 12.4. The predicted molar refractivity (Wildman–Crippen MR) is 73.1 cm³/mol. The van der Waals surface area contributed by atoms with Crippen LogP contribution in [0.1, 0.15) is 18.2 Å². The summed E-state index contributed by atoms with van der Waals surface area (Å²) in [6.45, 7) is 0. The van der Waals surface area contributed by atoms with E-state index in [4.69, 9.17) is 14.7 Å². The van der Waals surface area contributed by atoms with Crippen LogP contribution in [0.15, 0.2) is 24.3 Å². The van der Waals surface area contributed by atoms with Crippen LogP contribution >= 0.6 is 0 Å². The van der Waals surface area contributed by atoms with Crippen LogP contribution in [-0.2, 0) is 9.63 Å². The Morgan fingerprint density at radius 3 is 2.76 bits per heavy atom. The number of hydroxylamine groups is 2. The molecular weight excluding hydrogens is 276 g/mol. The van der Waals surface area contributed by atoms with Crippen molar-refractivity contribution in [2.45, 2.75) is 12.5 Å². The van der Waals surface area contributed by atoms with Crippen LogP contribution in [-0.4, -0.2) is 41.0 Å². The Morgan fingerprint density at radius 2 is 2.14 bits per heavy atom. The van der Waals surface area contributed by atoms with Crippen molar-refractivity contribution < 1.29 is 24.3 Å². The van der Waals surface area contributed by atoms with Gasteiger partial charge in [0.15, 0.2) is 0 Å². The molecule has 110 valence electrons. The topological polar surface area (TPSA) is 81.0 Å². The van der Waals surface area contributed by atoms with E-state index in [2.05, 4.69) is 0 Å². The minimum atomic E-state index is -1.000. The van der Waals surface area contributed by atoms with E-state index in [-0.39, 0.29) is 6.42 Å². The van der Waals surface area contributed by atoms with Crippen molar-refractivity contribution in [3.05, 3.63) is 30.0 Å². The Kier molecular flexibility index (Phi) is 3.06. The molecule has 21 heavy (non-hydrogen) atoms. The highest BCUT2D eigenvalue weighted by atomic mass is 16.7. The van der Waals surface area contributed by atoms with E-state index in [9.17, 15) is 9.59 Å². The Bertz CT molecular complexity index is 736. The van der Waals surface area contributed by atoms with E-state index in [0.717, 1.165) is 10.4 Å². The number of hydrogen-bond acceptors (Lipinski definition) is 4. The lowest BCUT2D eigenvalue weighted by atomic mass is 10.1. The maximum atomic E-state index is 12.4. The molecule has 1 unspecified atom stereocenters. The third kappa shape index (κ3) is 1.85. The first-order valence-corrected chi connectivity index (χ1v) is 6.36. The van der Waals surface area contributed by atoms with Gasteiger partial charge in [0.25, 0.3) is 0 Å². The number of aromatic nitrogens is 1. The zero-order valence-electron chi connectivity index (χ0n) is 11.6. The van der Waals surface area contributed by atoms with Gasteiger partial charge in [-0.05, 0) is 18.2 Å². The second-order valence-electron chi connectivity index (χ2n) is 4.70. The van der Waals surface area contributed by atoms with Crippen LogP contribution < -0.4 is 4.74 Å². The monoisotopic (exact) mass is 290 g/mol. The Morgan fingerprint density at radius 1 is 1.38 bits per heavy atom. The van der Waals surface area contributed by atoms with Gasteiger partial charge >= 0.3 is 12.0 Å². The standard InChI is InChI=1S/C14H14N2O5/c1-20-12-5-3-4-9-8(12)6-10-11(7-13(17)18)16(21-2)14(19)15(9)10/h3-6,11H,7H2,1-2H3,(H,17,18). The number of nitrogens with zero attached hydrogens (tertiary/aromatic N) is 2. The van der Waals surface area contributed by atoms with E-state index in [0.29, 0.717) is 17.0 Å². The van der Waals surface area contributed by atoms with Gasteiger partial charge < -0.3 is 9.84 Å². The van der Waals surface area contributed by atoms with Crippen LogP contribution in [0.3, 0.4) is 0 Å². The fourth-order valence-corrected chi connectivity index (χ4v) is 2.77. The SMILES string of the molecule is COc1cccc2c1cc1n2C(=O)N(OC)C1CC(=O)O. The molecular formula is C14H14N2O5. The Labute approximate surface area is 120 Å². The number of aliphatic carboxylic acids is 1. The summed E-state index contributed by atoms with van der Waals surface area (Å²) in [5.74, 6) is -0.360. The number of hydrogen-bond donors (Lipinski definition) is 1. The molecule has 3 rings (SSSR count). The summed E-state index contributed by atoms with van der Waals surface area (Å²) in [5, 5.41) is 10.9. The summed E-state index contributed by atoms with van der Waals surface area (Å²) in [6.07, 6.45) is -0.224. The first kappa shape index (κ1) is 13.4. The number of carbonyl (C=O) groups excluding carboxylic acids is 1. The predicted octanol–water partition coefficient (Wildman–Crippen LogP) is 2.01. The molecule has 0 radical (unpaired) electrons. The number of carboxylic acids is 1. The van der Waals surface area contributed by atoms with Gasteiger partial charge in [-0.2, -0.15) is 5.06 Å². The summed E-state index contributed by atoms with van der Waals surface area (Å²) >= 11 is 0. The van der Waals surface area contributed by atoms with Crippen LogP contribution in [0.25, 0.3) is 10.9 Å². The zero-order valence-corrected chi connectivity index (χ0v) is 11.6. The smallest absolute Gasteiger partial charge is 0.353 e. The highest BCUT2D eigenvalue weighted by Crippen LogP contribution is 2.39. The zero-order chi connectivity index (χ0) is 15.1. The fraction of sp³-hybridized carbons (Fsp3) is 0.286. The molecule has 0 aliphatic carbocycles. The van der Waals surface area contributed by atoms with Crippen molar-refractivity contribution in [1.29, 1.82) is 0 Å². The van der Waals surface area contributed by atoms with E-state index in [1.165, 1.54) is 11.7 Å². The Balaban J connectivity index is 2.22. The number of methoxy groups -OCH3 is 1. The lowest BCUT2D eigenvalue weighted by Crippen LogP contribution is -2.29. The second-order valence-corrected chi connectivity index (χ2v) is 4.70. The van der Waals surface area contributed by atoms with Crippen LogP contribution in [0.4, 0.5) is 4.79 Å². The van der Waals surface area contributed by atoms with Gasteiger partial charge in [0.2, 0.25) is 0 Å².